The van der Waals surface area contributed by atoms with Gasteiger partial charge in [0.2, 0.25) is 0 Å². The molecular weight excluding hydrogens is 432 g/mol. The summed E-state index contributed by atoms with van der Waals surface area (Å²) in [4.78, 5) is 28.5. The third-order valence-electron chi connectivity index (χ3n) is 4.99. The van der Waals surface area contributed by atoms with Gasteiger partial charge >= 0.3 is 11.9 Å². The van der Waals surface area contributed by atoms with E-state index in [1.165, 1.54) is 23.9 Å². The first kappa shape index (κ1) is 20.9. The zero-order valence-corrected chi connectivity index (χ0v) is 17.4. The van der Waals surface area contributed by atoms with E-state index in [1.807, 2.05) is 6.07 Å². The highest BCUT2D eigenvalue weighted by Gasteiger charge is 2.22. The predicted molar refractivity (Wildman–Crippen MR) is 119 cm³/mol. The van der Waals surface area contributed by atoms with Crippen LogP contribution in [0.3, 0.4) is 0 Å². The number of pyridine rings is 1. The minimum absolute atomic E-state index is 0.0318. The van der Waals surface area contributed by atoms with Gasteiger partial charge in [0.25, 0.3) is 0 Å². The van der Waals surface area contributed by atoms with Gasteiger partial charge in [-0.25, -0.2) is 14.6 Å². The van der Waals surface area contributed by atoms with Gasteiger partial charge in [-0.05, 0) is 36.4 Å². The lowest BCUT2D eigenvalue weighted by atomic mass is 10.0. The fourth-order valence-corrected chi connectivity index (χ4v) is 3.61. The van der Waals surface area contributed by atoms with Crippen molar-refractivity contribution in [3.63, 3.8) is 0 Å². The second-order valence-electron chi connectivity index (χ2n) is 6.85. The number of anilines is 1. The molecule has 3 N–H and O–H groups in total. The van der Waals surface area contributed by atoms with Crippen molar-refractivity contribution >= 4 is 40.1 Å². The average Bonchev–Trinajstić information content (AvgIpc) is 3.14. The van der Waals surface area contributed by atoms with Crippen LogP contribution >= 0.6 is 11.6 Å². The minimum Gasteiger partial charge on any atom is -0.478 e. The van der Waals surface area contributed by atoms with E-state index in [0.29, 0.717) is 32.9 Å². The molecule has 0 atom stereocenters. The first-order chi connectivity index (χ1) is 15.3. The number of nitrogens with two attached hydrogens (primary N) is 1. The van der Waals surface area contributed by atoms with Gasteiger partial charge in [0, 0.05) is 27.9 Å². The summed E-state index contributed by atoms with van der Waals surface area (Å²) >= 11 is 6.01. The maximum absolute atomic E-state index is 12.2. The SMILES string of the molecule is COC(=O)c1c(N)c(C#N)cn1-c1ccc(-c2cc(C(=O)O)c3cc(Cl)ccc3n2)cc1. The molecule has 0 saturated heterocycles. The average molecular weight is 447 g/mol. The molecule has 0 aliphatic carbocycles. The molecule has 0 bridgehead atoms. The Bertz CT molecular complexity index is 1440. The summed E-state index contributed by atoms with van der Waals surface area (Å²) in [7, 11) is 1.23. The van der Waals surface area contributed by atoms with Gasteiger partial charge in [0.15, 0.2) is 5.69 Å². The molecule has 9 heteroatoms. The number of nitriles is 1. The first-order valence-corrected chi connectivity index (χ1v) is 9.65. The Morgan fingerprint density at radius 1 is 1.19 bits per heavy atom. The van der Waals surface area contributed by atoms with Crippen molar-refractivity contribution in [3.8, 4) is 23.0 Å². The summed E-state index contributed by atoms with van der Waals surface area (Å²) < 4.78 is 6.27. The second-order valence-corrected chi connectivity index (χ2v) is 7.28. The fourth-order valence-electron chi connectivity index (χ4n) is 3.43. The largest absolute Gasteiger partial charge is 0.478 e. The summed E-state index contributed by atoms with van der Waals surface area (Å²) in [6.07, 6.45) is 1.46. The molecule has 0 radical (unpaired) electrons. The summed E-state index contributed by atoms with van der Waals surface area (Å²) in [5.74, 6) is -1.76. The number of nitrogen functional groups attached to an aromatic ring is 1. The number of halogens is 1. The third kappa shape index (κ3) is 3.51. The molecular formula is C23H15ClN4O4. The number of aromatic nitrogens is 2. The predicted octanol–water partition coefficient (Wildman–Crippen LogP) is 4.28. The maximum atomic E-state index is 12.2. The lowest BCUT2D eigenvalue weighted by Crippen LogP contribution is -2.11. The van der Waals surface area contributed by atoms with Gasteiger partial charge < -0.3 is 20.1 Å². The number of hydrogen-bond donors (Lipinski definition) is 2. The van der Waals surface area contributed by atoms with E-state index in [2.05, 4.69) is 4.98 Å². The van der Waals surface area contributed by atoms with Crippen LogP contribution in [0, 0.1) is 11.3 Å². The van der Waals surface area contributed by atoms with E-state index in [9.17, 15) is 20.0 Å². The van der Waals surface area contributed by atoms with Crippen molar-refractivity contribution in [1.82, 2.24) is 9.55 Å². The number of benzene rings is 2. The number of ether oxygens (including phenoxy) is 1. The van der Waals surface area contributed by atoms with E-state index < -0.39 is 11.9 Å². The van der Waals surface area contributed by atoms with Gasteiger partial charge in [-0.1, -0.05) is 23.7 Å². The Hall–Kier alpha value is -4.35. The molecule has 0 spiro atoms. The molecule has 0 amide bonds. The van der Waals surface area contributed by atoms with Crippen molar-refractivity contribution < 1.29 is 19.4 Å². The first-order valence-electron chi connectivity index (χ1n) is 9.27. The molecule has 2 aromatic heterocycles. The van der Waals surface area contributed by atoms with Crippen LogP contribution in [0.2, 0.25) is 5.02 Å². The topological polar surface area (TPSA) is 131 Å². The number of hydrogen-bond acceptors (Lipinski definition) is 6. The fraction of sp³-hybridized carbons (Fsp3) is 0.0435. The standard InChI is InChI=1S/C23H15ClN4O4/c1-32-23(31)21-20(26)13(10-25)11-28(21)15-5-2-12(3-6-15)19-9-17(22(29)30)16-8-14(24)4-7-18(16)27-19/h2-9,11H,26H2,1H3,(H,29,30). The maximum Gasteiger partial charge on any atom is 0.357 e. The quantitative estimate of drug-likeness (QED) is 0.447. The number of aromatic carboxylic acids is 1. The number of nitrogens with zero attached hydrogens (tertiary/aromatic N) is 3. The van der Waals surface area contributed by atoms with Crippen LogP contribution in [-0.4, -0.2) is 33.7 Å². The van der Waals surface area contributed by atoms with Gasteiger partial charge in [-0.15, -0.1) is 0 Å². The number of carbonyl (C=O) groups is 2. The van der Waals surface area contributed by atoms with Crippen molar-refractivity contribution in [2.24, 2.45) is 0 Å². The van der Waals surface area contributed by atoms with Crippen molar-refractivity contribution in [1.29, 1.82) is 5.26 Å². The van der Waals surface area contributed by atoms with Crippen molar-refractivity contribution in [3.05, 3.63) is 76.6 Å². The number of carboxylic acid groups (broad SMARTS) is 1. The number of esters is 1. The van der Waals surface area contributed by atoms with Crippen LogP contribution in [0.1, 0.15) is 26.4 Å². The molecule has 158 valence electrons. The molecule has 0 aliphatic rings. The monoisotopic (exact) mass is 446 g/mol. The number of fused-ring (bicyclic) bond motifs is 1. The van der Waals surface area contributed by atoms with Crippen molar-refractivity contribution in [2.45, 2.75) is 0 Å². The van der Waals surface area contributed by atoms with Gasteiger partial charge in [0.05, 0.1) is 35.1 Å². The number of carbonyl (C=O) groups excluding carboxylic acids is 1. The summed E-state index contributed by atoms with van der Waals surface area (Å²) in [6.45, 7) is 0. The Labute approximate surface area is 187 Å². The summed E-state index contributed by atoms with van der Waals surface area (Å²) in [5.41, 5.74) is 8.43. The highest BCUT2D eigenvalue weighted by atomic mass is 35.5. The van der Waals surface area contributed by atoms with Gasteiger partial charge in [-0.3, -0.25) is 0 Å². The molecule has 2 heterocycles. The van der Waals surface area contributed by atoms with Crippen LogP contribution in [-0.2, 0) is 4.74 Å². The van der Waals surface area contributed by atoms with E-state index in [0.717, 1.165) is 0 Å². The molecule has 0 fully saturated rings. The Balaban J connectivity index is 1.82. The van der Waals surface area contributed by atoms with Crippen LogP contribution in [0.4, 0.5) is 5.69 Å². The Kier molecular flexibility index (Phi) is 5.26. The van der Waals surface area contributed by atoms with Crippen LogP contribution in [0.25, 0.3) is 27.8 Å². The molecule has 8 nitrogen and oxygen atoms in total. The second kappa shape index (κ2) is 8.06. The van der Waals surface area contributed by atoms with E-state index in [4.69, 9.17) is 22.1 Å². The van der Waals surface area contributed by atoms with Crippen LogP contribution in [0.15, 0.2) is 54.7 Å². The highest BCUT2D eigenvalue weighted by Crippen LogP contribution is 2.29. The van der Waals surface area contributed by atoms with Crippen LogP contribution in [0.5, 0.6) is 0 Å². The van der Waals surface area contributed by atoms with Crippen molar-refractivity contribution in [2.75, 3.05) is 12.8 Å². The molecule has 0 aliphatic heterocycles. The zero-order chi connectivity index (χ0) is 23.0. The smallest absolute Gasteiger partial charge is 0.357 e. The number of carboxylic acids is 1. The summed E-state index contributed by atoms with van der Waals surface area (Å²) in [6, 6.07) is 15.2. The molecule has 0 unspecified atom stereocenters. The lowest BCUT2D eigenvalue weighted by Gasteiger charge is -2.11. The van der Waals surface area contributed by atoms with E-state index in [1.54, 1.807) is 42.5 Å². The molecule has 2 aromatic carbocycles. The van der Waals surface area contributed by atoms with Gasteiger partial charge in [0.1, 0.15) is 6.07 Å². The molecule has 32 heavy (non-hydrogen) atoms. The molecule has 0 saturated carbocycles. The highest BCUT2D eigenvalue weighted by molar-refractivity contribution is 6.31. The zero-order valence-electron chi connectivity index (χ0n) is 16.7. The normalized spacial score (nSPS) is 10.7. The Morgan fingerprint density at radius 2 is 1.91 bits per heavy atom. The Morgan fingerprint density at radius 3 is 2.53 bits per heavy atom. The van der Waals surface area contributed by atoms with Gasteiger partial charge in [-0.2, -0.15) is 5.26 Å². The number of methoxy groups -OCH3 is 1. The minimum atomic E-state index is -1.09. The number of rotatable bonds is 4. The molecule has 4 aromatic rings. The molecule has 4 rings (SSSR count). The van der Waals surface area contributed by atoms with Crippen LogP contribution < -0.4 is 5.73 Å². The summed E-state index contributed by atoms with van der Waals surface area (Å²) in [5, 5.41) is 19.8. The van der Waals surface area contributed by atoms with E-state index in [-0.39, 0.29) is 22.5 Å². The van der Waals surface area contributed by atoms with E-state index >= 15 is 0 Å². The lowest BCUT2D eigenvalue weighted by molar-refractivity contribution is 0.0592. The third-order valence-corrected chi connectivity index (χ3v) is 5.22.